The monoisotopic (exact) mass is 478 g/mol. The lowest BCUT2D eigenvalue weighted by molar-refractivity contribution is -0.139. The topological polar surface area (TPSA) is 100 Å². The molecular formula is C23H31ClN4O5. The molecule has 1 fully saturated rings. The third-order valence-electron chi connectivity index (χ3n) is 5.26. The van der Waals surface area contributed by atoms with E-state index in [0.717, 1.165) is 5.56 Å². The van der Waals surface area contributed by atoms with E-state index in [0.29, 0.717) is 49.0 Å². The molecule has 2 aliphatic rings. The quantitative estimate of drug-likeness (QED) is 0.631. The number of amides is 3. The predicted octanol–water partition coefficient (Wildman–Crippen LogP) is 3.06. The molecule has 2 N–H and O–H groups in total. The molecule has 0 spiro atoms. The van der Waals surface area contributed by atoms with E-state index < -0.39 is 23.6 Å². The molecule has 9 nitrogen and oxygen atoms in total. The van der Waals surface area contributed by atoms with Crippen molar-refractivity contribution in [2.75, 3.05) is 39.3 Å². The molecule has 1 atom stereocenters. The van der Waals surface area contributed by atoms with Crippen molar-refractivity contribution >= 4 is 29.7 Å². The Labute approximate surface area is 199 Å². The van der Waals surface area contributed by atoms with Gasteiger partial charge in [0.25, 0.3) is 0 Å². The number of benzene rings is 1. The standard InChI is InChI=1S/C23H31ClN4O5/c1-5-32-20(29)18-17(25-21(30)26-19(18)15-6-8-16(24)9-7-15)14-27-10-12-28(13-11-27)22(31)33-23(2,3)4/h6-9,19H,5,10-14H2,1-4H3,(H2,25,26,30)/t19-/m0/s1. The molecule has 3 rings (SSSR count). The summed E-state index contributed by atoms with van der Waals surface area (Å²) in [6, 6.07) is 5.91. The van der Waals surface area contributed by atoms with Crippen LogP contribution in [0.15, 0.2) is 35.5 Å². The molecular weight excluding hydrogens is 448 g/mol. The van der Waals surface area contributed by atoms with Gasteiger partial charge in [0.15, 0.2) is 0 Å². The van der Waals surface area contributed by atoms with E-state index in [2.05, 4.69) is 15.5 Å². The van der Waals surface area contributed by atoms with Gasteiger partial charge >= 0.3 is 18.1 Å². The van der Waals surface area contributed by atoms with Crippen LogP contribution in [0.2, 0.25) is 5.02 Å². The van der Waals surface area contributed by atoms with Gasteiger partial charge in [-0.15, -0.1) is 0 Å². The van der Waals surface area contributed by atoms with Crippen molar-refractivity contribution < 1.29 is 23.9 Å². The van der Waals surface area contributed by atoms with Gasteiger partial charge in [-0.25, -0.2) is 14.4 Å². The summed E-state index contributed by atoms with van der Waals surface area (Å²) in [4.78, 5) is 41.4. The number of carbonyl (C=O) groups excluding carboxylic acids is 3. The van der Waals surface area contributed by atoms with Gasteiger partial charge in [0.2, 0.25) is 0 Å². The average Bonchev–Trinajstić information content (AvgIpc) is 2.73. The molecule has 2 heterocycles. The lowest BCUT2D eigenvalue weighted by Crippen LogP contribution is -2.53. The number of esters is 1. The first-order valence-electron chi connectivity index (χ1n) is 11.0. The van der Waals surface area contributed by atoms with Crippen molar-refractivity contribution in [2.45, 2.75) is 39.3 Å². The molecule has 10 heteroatoms. The number of nitrogens with one attached hydrogen (secondary N) is 2. The fourth-order valence-corrected chi connectivity index (χ4v) is 3.86. The molecule has 0 aromatic heterocycles. The number of urea groups is 1. The summed E-state index contributed by atoms with van der Waals surface area (Å²) in [5.74, 6) is -0.493. The zero-order valence-corrected chi connectivity index (χ0v) is 20.2. The normalized spacial score (nSPS) is 19.6. The number of carbonyl (C=O) groups is 3. The van der Waals surface area contributed by atoms with E-state index in [1.165, 1.54) is 0 Å². The fraction of sp³-hybridized carbons (Fsp3) is 0.522. The summed E-state index contributed by atoms with van der Waals surface area (Å²) < 4.78 is 10.8. The summed E-state index contributed by atoms with van der Waals surface area (Å²) >= 11 is 6.01. The number of hydrogen-bond donors (Lipinski definition) is 2. The average molecular weight is 479 g/mol. The molecule has 0 bridgehead atoms. The molecule has 0 saturated carbocycles. The first-order valence-corrected chi connectivity index (χ1v) is 11.4. The number of halogens is 1. The lowest BCUT2D eigenvalue weighted by atomic mass is 9.95. The largest absolute Gasteiger partial charge is 0.463 e. The zero-order chi connectivity index (χ0) is 24.2. The Morgan fingerprint density at radius 2 is 1.76 bits per heavy atom. The fourth-order valence-electron chi connectivity index (χ4n) is 3.74. The highest BCUT2D eigenvalue weighted by molar-refractivity contribution is 6.30. The van der Waals surface area contributed by atoms with E-state index in [1.807, 2.05) is 20.8 Å². The predicted molar refractivity (Wildman–Crippen MR) is 124 cm³/mol. The van der Waals surface area contributed by atoms with Crippen molar-refractivity contribution in [3.8, 4) is 0 Å². The maximum Gasteiger partial charge on any atom is 0.410 e. The number of rotatable bonds is 5. The Morgan fingerprint density at radius 1 is 1.12 bits per heavy atom. The van der Waals surface area contributed by atoms with Crippen molar-refractivity contribution in [3.63, 3.8) is 0 Å². The van der Waals surface area contributed by atoms with E-state index in [9.17, 15) is 14.4 Å². The van der Waals surface area contributed by atoms with Crippen molar-refractivity contribution in [1.29, 1.82) is 0 Å². The molecule has 1 aromatic rings. The van der Waals surface area contributed by atoms with Crippen LogP contribution in [0, 0.1) is 0 Å². The number of piperazine rings is 1. The highest BCUT2D eigenvalue weighted by Crippen LogP contribution is 2.29. The summed E-state index contributed by atoms with van der Waals surface area (Å²) in [6.07, 6.45) is -0.341. The number of nitrogens with zero attached hydrogens (tertiary/aromatic N) is 2. The van der Waals surface area contributed by atoms with Crippen LogP contribution in [0.5, 0.6) is 0 Å². The van der Waals surface area contributed by atoms with E-state index >= 15 is 0 Å². The molecule has 1 saturated heterocycles. The van der Waals surface area contributed by atoms with Gasteiger partial charge in [-0.05, 0) is 45.4 Å². The first kappa shape index (κ1) is 24.9. The Kier molecular flexibility index (Phi) is 7.86. The minimum atomic E-state index is -0.659. The molecule has 0 aliphatic carbocycles. The van der Waals surface area contributed by atoms with Crippen LogP contribution in [-0.2, 0) is 14.3 Å². The number of ether oxygens (including phenoxy) is 2. The molecule has 2 aliphatic heterocycles. The Morgan fingerprint density at radius 3 is 2.33 bits per heavy atom. The second kappa shape index (κ2) is 10.4. The second-order valence-corrected chi connectivity index (χ2v) is 9.38. The summed E-state index contributed by atoms with van der Waals surface area (Å²) in [6.45, 7) is 9.93. The van der Waals surface area contributed by atoms with Gasteiger partial charge in [0.05, 0.1) is 18.2 Å². The first-order chi connectivity index (χ1) is 15.6. The third-order valence-corrected chi connectivity index (χ3v) is 5.51. The van der Waals surface area contributed by atoms with E-state index in [-0.39, 0.29) is 12.7 Å². The zero-order valence-electron chi connectivity index (χ0n) is 19.4. The highest BCUT2D eigenvalue weighted by Gasteiger charge is 2.35. The van der Waals surface area contributed by atoms with Gasteiger partial charge in [-0.3, -0.25) is 4.90 Å². The SMILES string of the molecule is CCOC(=O)C1=C(CN2CCN(C(=O)OC(C)(C)C)CC2)NC(=O)N[C@H]1c1ccc(Cl)cc1. The second-order valence-electron chi connectivity index (χ2n) is 8.94. The van der Waals surface area contributed by atoms with E-state index in [1.54, 1.807) is 36.1 Å². The lowest BCUT2D eigenvalue weighted by Gasteiger charge is -2.37. The smallest absolute Gasteiger partial charge is 0.410 e. The molecule has 180 valence electrons. The molecule has 33 heavy (non-hydrogen) atoms. The maximum absolute atomic E-state index is 12.9. The van der Waals surface area contributed by atoms with Crippen LogP contribution >= 0.6 is 11.6 Å². The summed E-state index contributed by atoms with van der Waals surface area (Å²) in [5.41, 5.74) is 1.02. The molecule has 3 amide bonds. The van der Waals surface area contributed by atoms with Gasteiger partial charge in [-0.2, -0.15) is 0 Å². The van der Waals surface area contributed by atoms with Crippen molar-refractivity contribution in [3.05, 3.63) is 46.1 Å². The van der Waals surface area contributed by atoms with Crippen LogP contribution in [0.25, 0.3) is 0 Å². The Hall–Kier alpha value is -2.78. The third kappa shape index (κ3) is 6.61. The van der Waals surface area contributed by atoms with Crippen LogP contribution in [-0.4, -0.2) is 72.8 Å². The Bertz CT molecular complexity index is 918. The molecule has 1 aromatic carbocycles. The molecule has 0 unspecified atom stereocenters. The van der Waals surface area contributed by atoms with Crippen LogP contribution in [0.4, 0.5) is 9.59 Å². The van der Waals surface area contributed by atoms with Gasteiger partial charge < -0.3 is 25.0 Å². The molecule has 0 radical (unpaired) electrons. The van der Waals surface area contributed by atoms with Crippen LogP contribution in [0.1, 0.15) is 39.3 Å². The summed E-state index contributed by atoms with van der Waals surface area (Å²) in [7, 11) is 0. The highest BCUT2D eigenvalue weighted by atomic mass is 35.5. The number of hydrogen-bond acceptors (Lipinski definition) is 6. The van der Waals surface area contributed by atoms with Gasteiger partial charge in [0.1, 0.15) is 5.60 Å². The van der Waals surface area contributed by atoms with Gasteiger partial charge in [-0.1, -0.05) is 23.7 Å². The van der Waals surface area contributed by atoms with Crippen molar-refractivity contribution in [2.24, 2.45) is 0 Å². The van der Waals surface area contributed by atoms with Crippen LogP contribution < -0.4 is 10.6 Å². The minimum Gasteiger partial charge on any atom is -0.463 e. The maximum atomic E-state index is 12.9. The van der Waals surface area contributed by atoms with Crippen LogP contribution in [0.3, 0.4) is 0 Å². The Balaban J connectivity index is 1.79. The van der Waals surface area contributed by atoms with Crippen molar-refractivity contribution in [1.82, 2.24) is 20.4 Å². The summed E-state index contributed by atoms with van der Waals surface area (Å²) in [5, 5.41) is 6.16. The van der Waals surface area contributed by atoms with E-state index in [4.69, 9.17) is 21.1 Å². The van der Waals surface area contributed by atoms with Gasteiger partial charge in [0, 0.05) is 43.4 Å². The minimum absolute atomic E-state index is 0.214.